The van der Waals surface area contributed by atoms with Crippen molar-refractivity contribution in [2.75, 3.05) is 6.61 Å². The van der Waals surface area contributed by atoms with Crippen LogP contribution in [0.1, 0.15) is 18.1 Å². The molecule has 0 radical (unpaired) electrons. The largest absolute Gasteiger partial charge is 0.465 e. The predicted octanol–water partition coefficient (Wildman–Crippen LogP) is 2.02. The normalized spacial score (nSPS) is 10.9. The monoisotopic (exact) mass is 283 g/mol. The first-order chi connectivity index (χ1) is 10.1. The van der Waals surface area contributed by atoms with Gasteiger partial charge in [-0.2, -0.15) is 0 Å². The summed E-state index contributed by atoms with van der Waals surface area (Å²) in [6.45, 7) is 1.87. The molecule has 2 aromatic carbocycles. The van der Waals surface area contributed by atoms with E-state index >= 15 is 0 Å². The van der Waals surface area contributed by atoms with Crippen molar-refractivity contribution in [2.24, 2.45) is 5.73 Å². The van der Waals surface area contributed by atoms with Gasteiger partial charge in [-0.05, 0) is 18.1 Å². The van der Waals surface area contributed by atoms with E-state index < -0.39 is 17.3 Å². The zero-order chi connectivity index (χ0) is 15.3. The van der Waals surface area contributed by atoms with E-state index in [2.05, 4.69) is 0 Å². The third-order valence-corrected chi connectivity index (χ3v) is 3.36. The number of hydrogen-bond acceptors (Lipinski definition) is 3. The number of esters is 1. The molecule has 108 valence electrons. The molecule has 2 rings (SSSR count). The average Bonchev–Trinajstić information content (AvgIpc) is 2.50. The fourth-order valence-corrected chi connectivity index (χ4v) is 2.40. The number of carbonyl (C=O) groups is 2. The van der Waals surface area contributed by atoms with E-state index in [1.54, 1.807) is 55.5 Å². The maximum absolute atomic E-state index is 12.6. The van der Waals surface area contributed by atoms with E-state index in [-0.39, 0.29) is 6.61 Å². The number of ether oxygens (including phenoxy) is 1. The minimum atomic E-state index is -1.63. The van der Waals surface area contributed by atoms with Gasteiger partial charge < -0.3 is 10.5 Å². The van der Waals surface area contributed by atoms with Crippen LogP contribution in [0.4, 0.5) is 0 Å². The Morgan fingerprint density at radius 2 is 1.38 bits per heavy atom. The fraction of sp³-hybridized carbons (Fsp3) is 0.176. The molecule has 0 spiro atoms. The van der Waals surface area contributed by atoms with Crippen LogP contribution in [0.3, 0.4) is 0 Å². The lowest BCUT2D eigenvalue weighted by molar-refractivity contribution is -0.151. The molecule has 0 aromatic heterocycles. The lowest BCUT2D eigenvalue weighted by atomic mass is 9.73. The van der Waals surface area contributed by atoms with Crippen LogP contribution in [0.2, 0.25) is 0 Å². The van der Waals surface area contributed by atoms with E-state index in [9.17, 15) is 9.59 Å². The van der Waals surface area contributed by atoms with Crippen LogP contribution in [0.25, 0.3) is 0 Å². The van der Waals surface area contributed by atoms with Gasteiger partial charge in [0.2, 0.25) is 5.91 Å². The minimum Gasteiger partial charge on any atom is -0.465 e. The van der Waals surface area contributed by atoms with Gasteiger partial charge in [0.05, 0.1) is 6.61 Å². The lowest BCUT2D eigenvalue weighted by Gasteiger charge is -2.29. The lowest BCUT2D eigenvalue weighted by Crippen LogP contribution is -2.49. The zero-order valence-corrected chi connectivity index (χ0v) is 11.8. The van der Waals surface area contributed by atoms with Crippen molar-refractivity contribution in [3.63, 3.8) is 0 Å². The molecule has 0 aliphatic rings. The Labute approximate surface area is 123 Å². The van der Waals surface area contributed by atoms with Gasteiger partial charge in [0.1, 0.15) is 0 Å². The van der Waals surface area contributed by atoms with Crippen molar-refractivity contribution in [1.29, 1.82) is 0 Å². The van der Waals surface area contributed by atoms with Gasteiger partial charge in [-0.15, -0.1) is 0 Å². The van der Waals surface area contributed by atoms with Gasteiger partial charge in [-0.25, -0.2) is 0 Å². The molecule has 4 heteroatoms. The number of rotatable bonds is 5. The van der Waals surface area contributed by atoms with Gasteiger partial charge >= 0.3 is 5.97 Å². The van der Waals surface area contributed by atoms with Crippen molar-refractivity contribution < 1.29 is 14.3 Å². The maximum Gasteiger partial charge on any atom is 0.330 e. The average molecular weight is 283 g/mol. The first kappa shape index (κ1) is 14.8. The van der Waals surface area contributed by atoms with Crippen LogP contribution in [-0.4, -0.2) is 18.5 Å². The van der Waals surface area contributed by atoms with Crippen molar-refractivity contribution >= 4 is 11.9 Å². The number of hydrogen-bond donors (Lipinski definition) is 1. The second-order valence-corrected chi connectivity index (χ2v) is 4.57. The Balaban J connectivity index is 2.73. The Hall–Kier alpha value is -2.62. The molecule has 1 amide bonds. The smallest absolute Gasteiger partial charge is 0.330 e. The summed E-state index contributed by atoms with van der Waals surface area (Å²) in [6, 6.07) is 17.5. The first-order valence-corrected chi connectivity index (χ1v) is 6.72. The molecule has 21 heavy (non-hydrogen) atoms. The molecule has 0 saturated carbocycles. The van der Waals surface area contributed by atoms with Gasteiger partial charge in [0.15, 0.2) is 5.41 Å². The van der Waals surface area contributed by atoms with Gasteiger partial charge in [-0.3, -0.25) is 9.59 Å². The molecule has 0 heterocycles. The first-order valence-electron chi connectivity index (χ1n) is 6.72. The van der Waals surface area contributed by atoms with Crippen LogP contribution < -0.4 is 5.73 Å². The highest BCUT2D eigenvalue weighted by atomic mass is 16.5. The molecule has 2 aromatic rings. The number of primary amides is 1. The van der Waals surface area contributed by atoms with Crippen molar-refractivity contribution in [1.82, 2.24) is 0 Å². The highest BCUT2D eigenvalue weighted by molar-refractivity contribution is 6.11. The van der Waals surface area contributed by atoms with Crippen molar-refractivity contribution in [2.45, 2.75) is 12.3 Å². The predicted molar refractivity (Wildman–Crippen MR) is 79.5 cm³/mol. The standard InChI is InChI=1S/C17H17NO3/c1-2-21-16(20)17(15(18)19,13-9-5-3-6-10-13)14-11-7-4-8-12-14/h3-12H,2H2,1H3,(H2,18,19). The molecule has 0 saturated heterocycles. The molecular formula is C17H17NO3. The summed E-state index contributed by atoms with van der Waals surface area (Å²) in [6.07, 6.45) is 0. The van der Waals surface area contributed by atoms with E-state index in [0.717, 1.165) is 0 Å². The highest BCUT2D eigenvalue weighted by Crippen LogP contribution is 2.33. The van der Waals surface area contributed by atoms with Crippen molar-refractivity contribution in [3.8, 4) is 0 Å². The molecule has 0 fully saturated rings. The van der Waals surface area contributed by atoms with E-state index in [4.69, 9.17) is 10.5 Å². The van der Waals surface area contributed by atoms with Gasteiger partial charge in [-0.1, -0.05) is 60.7 Å². The van der Waals surface area contributed by atoms with E-state index in [0.29, 0.717) is 11.1 Å². The summed E-state index contributed by atoms with van der Waals surface area (Å²) in [5.41, 5.74) is 5.00. The molecule has 0 aliphatic carbocycles. The van der Waals surface area contributed by atoms with E-state index in [1.807, 2.05) is 12.1 Å². The van der Waals surface area contributed by atoms with Gasteiger partial charge in [0.25, 0.3) is 0 Å². The summed E-state index contributed by atoms with van der Waals surface area (Å²) in [4.78, 5) is 24.8. The van der Waals surface area contributed by atoms with Crippen LogP contribution in [0.5, 0.6) is 0 Å². The summed E-state index contributed by atoms with van der Waals surface area (Å²) in [5, 5.41) is 0. The topological polar surface area (TPSA) is 69.4 Å². The third kappa shape index (κ3) is 2.52. The molecule has 2 N–H and O–H groups in total. The second-order valence-electron chi connectivity index (χ2n) is 4.57. The SMILES string of the molecule is CCOC(=O)C(C(N)=O)(c1ccccc1)c1ccccc1. The number of benzene rings is 2. The zero-order valence-electron chi connectivity index (χ0n) is 11.8. The van der Waals surface area contributed by atoms with Crippen LogP contribution in [0, 0.1) is 0 Å². The third-order valence-electron chi connectivity index (χ3n) is 3.36. The van der Waals surface area contributed by atoms with Crippen LogP contribution in [-0.2, 0) is 19.7 Å². The molecule has 0 aliphatic heterocycles. The molecule has 0 atom stereocenters. The molecule has 0 bridgehead atoms. The number of carbonyl (C=O) groups excluding carboxylic acids is 2. The molecule has 4 nitrogen and oxygen atoms in total. The van der Waals surface area contributed by atoms with Crippen LogP contribution in [0.15, 0.2) is 60.7 Å². The summed E-state index contributed by atoms with van der Waals surface area (Å²) >= 11 is 0. The fourth-order valence-electron chi connectivity index (χ4n) is 2.40. The summed E-state index contributed by atoms with van der Waals surface area (Å²) < 4.78 is 5.14. The Kier molecular flexibility index (Phi) is 4.38. The number of amides is 1. The quantitative estimate of drug-likeness (QED) is 0.674. The Morgan fingerprint density at radius 1 is 0.952 bits per heavy atom. The summed E-state index contributed by atoms with van der Waals surface area (Å²) in [7, 11) is 0. The molecular weight excluding hydrogens is 266 g/mol. The van der Waals surface area contributed by atoms with Crippen LogP contribution >= 0.6 is 0 Å². The Bertz CT molecular complexity index is 583. The summed E-state index contributed by atoms with van der Waals surface area (Å²) in [5.74, 6) is -1.41. The number of nitrogens with two attached hydrogens (primary N) is 1. The minimum absolute atomic E-state index is 0.174. The maximum atomic E-state index is 12.6. The van der Waals surface area contributed by atoms with E-state index in [1.165, 1.54) is 0 Å². The molecule has 0 unspecified atom stereocenters. The highest BCUT2D eigenvalue weighted by Gasteiger charge is 2.49. The van der Waals surface area contributed by atoms with Crippen molar-refractivity contribution in [3.05, 3.63) is 71.8 Å². The Morgan fingerprint density at radius 3 is 1.71 bits per heavy atom. The van der Waals surface area contributed by atoms with Gasteiger partial charge in [0, 0.05) is 0 Å². The second kappa shape index (κ2) is 6.22.